The van der Waals surface area contributed by atoms with Gasteiger partial charge in [-0.2, -0.15) is 9.97 Å². The van der Waals surface area contributed by atoms with Gasteiger partial charge in [0.25, 0.3) is 5.60 Å². The molecule has 1 saturated heterocycles. The lowest BCUT2D eigenvalue weighted by Gasteiger charge is -2.28. The first kappa shape index (κ1) is 23.2. The van der Waals surface area contributed by atoms with E-state index in [1.165, 1.54) is 24.3 Å². The molecule has 2 aliphatic rings. The molecule has 184 valence electrons. The predicted octanol–water partition coefficient (Wildman–Crippen LogP) is 0.284. The van der Waals surface area contributed by atoms with Crippen LogP contribution in [-0.2, 0) is 25.5 Å². The normalized spacial score (nSPS) is 27.6. The number of aliphatic hydroxyl groups is 1. The lowest BCUT2D eigenvalue weighted by molar-refractivity contribution is -0.194. The molecule has 0 radical (unpaired) electrons. The molecule has 2 aromatic heterocycles. The molecule has 0 amide bonds. The third-order valence-corrected chi connectivity index (χ3v) is 6.33. The first-order valence-corrected chi connectivity index (χ1v) is 10.5. The summed E-state index contributed by atoms with van der Waals surface area (Å²) in [7, 11) is 0. The lowest BCUT2D eigenvalue weighted by atomic mass is 9.94. The standard InChI is InChI=1S/C20H17ClFN5O8/c21-18-25-13(23)9-14(26-18)27(6-24-9)15-10(22)20(33)11(34-15)12(20)35-19(16(29)30,17(31)32)5-7-1-3-8(28)4-2-7/h1-4,6,10-12,15,28,33H,5H2,(H,29,30)(H,31,32)(H2,23,25,26)/t10-,11-,12+,15-,20+/m1/s1. The molecule has 0 spiro atoms. The summed E-state index contributed by atoms with van der Waals surface area (Å²) in [4.78, 5) is 35.8. The Labute approximate surface area is 199 Å². The molecule has 1 aromatic carbocycles. The molecule has 1 aliphatic carbocycles. The van der Waals surface area contributed by atoms with Crippen LogP contribution in [0.4, 0.5) is 10.2 Å². The van der Waals surface area contributed by atoms with E-state index in [-0.39, 0.29) is 33.6 Å². The number of phenolic OH excluding ortho intramolecular Hbond substituents is 1. The van der Waals surface area contributed by atoms with E-state index in [0.29, 0.717) is 0 Å². The number of phenols is 1. The molecule has 5 atom stereocenters. The maximum absolute atomic E-state index is 15.5. The number of rotatable bonds is 7. The average Bonchev–Trinajstić information content (AvgIpc) is 3.05. The summed E-state index contributed by atoms with van der Waals surface area (Å²) < 4.78 is 27.6. The molecular weight excluding hydrogens is 493 g/mol. The number of carboxylic acids is 2. The number of nitrogens with two attached hydrogens (primary N) is 1. The summed E-state index contributed by atoms with van der Waals surface area (Å²) in [6.07, 6.45) is -6.13. The molecule has 13 nitrogen and oxygen atoms in total. The summed E-state index contributed by atoms with van der Waals surface area (Å²) in [6, 6.07) is 5.11. The fourth-order valence-corrected chi connectivity index (χ4v) is 4.41. The summed E-state index contributed by atoms with van der Waals surface area (Å²) >= 11 is 5.82. The molecule has 35 heavy (non-hydrogen) atoms. The van der Waals surface area contributed by atoms with E-state index in [1.807, 2.05) is 0 Å². The van der Waals surface area contributed by atoms with Crippen LogP contribution in [0.15, 0.2) is 30.6 Å². The second kappa shape index (κ2) is 7.71. The van der Waals surface area contributed by atoms with Crippen LogP contribution in [-0.4, -0.2) is 81.5 Å². The minimum Gasteiger partial charge on any atom is -0.508 e. The molecule has 0 bridgehead atoms. The largest absolute Gasteiger partial charge is 0.508 e. The highest BCUT2D eigenvalue weighted by Gasteiger charge is 2.80. The van der Waals surface area contributed by atoms with E-state index >= 15 is 4.39 Å². The Morgan fingerprint density at radius 2 is 1.91 bits per heavy atom. The van der Waals surface area contributed by atoms with Gasteiger partial charge in [-0.25, -0.2) is 19.0 Å². The van der Waals surface area contributed by atoms with Gasteiger partial charge in [-0.3, -0.25) is 4.57 Å². The third kappa shape index (κ3) is 3.36. The summed E-state index contributed by atoms with van der Waals surface area (Å²) in [5.41, 5.74) is 0.909. The highest BCUT2D eigenvalue weighted by Crippen LogP contribution is 2.58. The Bertz CT molecular complexity index is 1340. The topological polar surface area (TPSA) is 203 Å². The fraction of sp³-hybridized carbons (Fsp3) is 0.350. The highest BCUT2D eigenvalue weighted by molar-refractivity contribution is 6.28. The minimum absolute atomic E-state index is 0.0373. The number of halogens is 2. The fourth-order valence-electron chi connectivity index (χ4n) is 4.24. The van der Waals surface area contributed by atoms with Gasteiger partial charge < -0.3 is 35.6 Å². The Hall–Kier alpha value is -3.59. The van der Waals surface area contributed by atoms with E-state index < -0.39 is 54.2 Å². The molecule has 5 rings (SSSR count). The quantitative estimate of drug-likeness (QED) is 0.215. The van der Waals surface area contributed by atoms with E-state index in [2.05, 4.69) is 15.0 Å². The van der Waals surface area contributed by atoms with Crippen LogP contribution in [0.1, 0.15) is 11.8 Å². The van der Waals surface area contributed by atoms with Crippen molar-refractivity contribution in [2.45, 2.75) is 42.2 Å². The van der Waals surface area contributed by atoms with Crippen molar-refractivity contribution in [3.8, 4) is 5.75 Å². The van der Waals surface area contributed by atoms with Crippen molar-refractivity contribution in [2.75, 3.05) is 5.73 Å². The number of aromatic nitrogens is 4. The van der Waals surface area contributed by atoms with Gasteiger partial charge in [0.05, 0.1) is 6.33 Å². The molecule has 1 saturated carbocycles. The molecule has 0 unspecified atom stereocenters. The molecule has 6 N–H and O–H groups in total. The van der Waals surface area contributed by atoms with Gasteiger partial charge >= 0.3 is 11.9 Å². The second-order valence-electron chi connectivity index (χ2n) is 8.26. The smallest absolute Gasteiger partial charge is 0.348 e. The zero-order chi connectivity index (χ0) is 25.3. The van der Waals surface area contributed by atoms with Gasteiger partial charge in [-0.1, -0.05) is 12.1 Å². The van der Waals surface area contributed by atoms with E-state index in [1.54, 1.807) is 0 Å². The number of alkyl halides is 1. The number of anilines is 1. The third-order valence-electron chi connectivity index (χ3n) is 6.16. The van der Waals surface area contributed by atoms with Gasteiger partial charge in [0.1, 0.15) is 23.5 Å². The van der Waals surface area contributed by atoms with Crippen molar-refractivity contribution in [1.29, 1.82) is 0 Å². The Kier molecular flexibility index (Phi) is 5.10. The van der Waals surface area contributed by atoms with Crippen LogP contribution in [0.25, 0.3) is 11.2 Å². The molecule has 1 aliphatic heterocycles. The molecular formula is C20H17ClFN5O8. The first-order valence-electron chi connectivity index (χ1n) is 10.1. The molecule has 2 fully saturated rings. The van der Waals surface area contributed by atoms with E-state index in [0.717, 1.165) is 10.9 Å². The number of imidazole rings is 1. The minimum atomic E-state index is -2.86. The number of carbonyl (C=O) groups is 2. The van der Waals surface area contributed by atoms with Gasteiger partial charge in [-0.15, -0.1) is 0 Å². The monoisotopic (exact) mass is 509 g/mol. The molecule has 3 aromatic rings. The van der Waals surface area contributed by atoms with E-state index in [9.17, 15) is 30.0 Å². The van der Waals surface area contributed by atoms with Gasteiger partial charge in [-0.05, 0) is 29.3 Å². The number of carboxylic acid groups (broad SMARTS) is 2. The Morgan fingerprint density at radius 1 is 1.26 bits per heavy atom. The maximum atomic E-state index is 15.5. The summed E-state index contributed by atoms with van der Waals surface area (Å²) in [5, 5.41) is 39.6. The van der Waals surface area contributed by atoms with Crippen molar-refractivity contribution in [1.82, 2.24) is 19.5 Å². The van der Waals surface area contributed by atoms with Crippen LogP contribution in [0.5, 0.6) is 5.75 Å². The average molecular weight is 510 g/mol. The van der Waals surface area contributed by atoms with Crippen LogP contribution in [0, 0.1) is 0 Å². The Morgan fingerprint density at radius 3 is 2.49 bits per heavy atom. The van der Waals surface area contributed by atoms with Gasteiger partial charge in [0, 0.05) is 6.42 Å². The zero-order valence-electron chi connectivity index (χ0n) is 17.4. The molecule has 3 heterocycles. The highest BCUT2D eigenvalue weighted by atomic mass is 35.5. The number of hydrogen-bond donors (Lipinski definition) is 5. The number of benzene rings is 1. The molecule has 15 heteroatoms. The lowest BCUT2D eigenvalue weighted by Crippen LogP contribution is -2.53. The number of aromatic hydroxyl groups is 1. The summed E-state index contributed by atoms with van der Waals surface area (Å²) in [6.45, 7) is 0. The SMILES string of the molecule is Nc1nc(Cl)nc2c1ncn2[C@@H]1O[C@@H]2[C@H](OC(Cc3ccc(O)cc3)(C(=O)O)C(=O)O)[C@]2(O)[C@@H]1F. The van der Waals surface area contributed by atoms with Crippen molar-refractivity contribution in [3.05, 3.63) is 41.4 Å². The van der Waals surface area contributed by atoms with Crippen molar-refractivity contribution >= 4 is 40.5 Å². The second-order valence-corrected chi connectivity index (χ2v) is 8.60. The van der Waals surface area contributed by atoms with Crippen molar-refractivity contribution in [2.24, 2.45) is 0 Å². The maximum Gasteiger partial charge on any atom is 0.348 e. The number of fused-ring (bicyclic) bond motifs is 2. The number of hydrogen-bond acceptors (Lipinski definition) is 10. The van der Waals surface area contributed by atoms with Gasteiger partial charge in [0.2, 0.25) is 5.28 Å². The number of nitrogen functional groups attached to an aromatic ring is 1. The number of ether oxygens (including phenoxy) is 2. The van der Waals surface area contributed by atoms with Crippen LogP contribution >= 0.6 is 11.6 Å². The van der Waals surface area contributed by atoms with Crippen molar-refractivity contribution < 1.29 is 43.9 Å². The van der Waals surface area contributed by atoms with E-state index in [4.69, 9.17) is 26.8 Å². The Balaban J connectivity index is 1.42. The van der Waals surface area contributed by atoms with Gasteiger partial charge in [0.15, 0.2) is 29.5 Å². The van der Waals surface area contributed by atoms with Crippen LogP contribution < -0.4 is 5.73 Å². The van der Waals surface area contributed by atoms with Crippen LogP contribution in [0.2, 0.25) is 5.28 Å². The summed E-state index contributed by atoms with van der Waals surface area (Å²) in [5.74, 6) is -3.89. The number of nitrogens with zero attached hydrogens (tertiary/aromatic N) is 4. The zero-order valence-corrected chi connectivity index (χ0v) is 18.2. The predicted molar refractivity (Wildman–Crippen MR) is 113 cm³/mol. The first-order chi connectivity index (χ1) is 16.5. The number of aliphatic carboxylic acids is 2. The van der Waals surface area contributed by atoms with Crippen molar-refractivity contribution in [3.63, 3.8) is 0 Å². The van der Waals surface area contributed by atoms with Crippen LogP contribution in [0.3, 0.4) is 0 Å².